The number of carbonyl (C=O) groups excluding carboxylic acids is 2. The molecule has 1 aliphatic rings. The van der Waals surface area contributed by atoms with Crippen molar-refractivity contribution in [2.75, 3.05) is 4.90 Å². The predicted octanol–water partition coefficient (Wildman–Crippen LogP) is 5.44. The summed E-state index contributed by atoms with van der Waals surface area (Å²) in [6.07, 6.45) is 1.94. The van der Waals surface area contributed by atoms with Crippen molar-refractivity contribution in [3.8, 4) is 6.07 Å². The van der Waals surface area contributed by atoms with Crippen molar-refractivity contribution >= 4 is 56.8 Å². The van der Waals surface area contributed by atoms with Gasteiger partial charge in [0.2, 0.25) is 5.91 Å². The van der Waals surface area contributed by atoms with E-state index in [1.54, 1.807) is 48.5 Å². The van der Waals surface area contributed by atoms with Gasteiger partial charge in [-0.3, -0.25) is 14.5 Å². The fraction of sp³-hybridized carbons (Fsp3) is 0.125. The maximum Gasteiger partial charge on any atom is 0.265 e. The van der Waals surface area contributed by atoms with E-state index in [1.165, 1.54) is 22.9 Å². The summed E-state index contributed by atoms with van der Waals surface area (Å²) in [6, 6.07) is 19.9. The molecular formula is C24H17BrClN3O3S. The van der Waals surface area contributed by atoms with Crippen LogP contribution in [0.3, 0.4) is 0 Å². The minimum atomic E-state index is -0.571. The van der Waals surface area contributed by atoms with E-state index in [0.29, 0.717) is 27.9 Å². The number of nitrogens with one attached hydrogen (secondary N) is 1. The van der Waals surface area contributed by atoms with Crippen LogP contribution in [-0.2, 0) is 22.6 Å². The molecule has 1 fully saturated rings. The number of furan rings is 1. The van der Waals surface area contributed by atoms with Crippen LogP contribution in [0.15, 0.2) is 86.4 Å². The highest BCUT2D eigenvalue weighted by molar-refractivity contribution is 9.10. The van der Waals surface area contributed by atoms with Crippen LogP contribution in [0.5, 0.6) is 0 Å². The molecule has 4 rings (SSSR count). The van der Waals surface area contributed by atoms with Crippen LogP contribution in [-0.4, -0.2) is 17.1 Å². The number of thioether (sulfide) groups is 1. The van der Waals surface area contributed by atoms with Crippen LogP contribution < -0.4 is 10.2 Å². The zero-order chi connectivity index (χ0) is 23.4. The van der Waals surface area contributed by atoms with Gasteiger partial charge in [0, 0.05) is 15.2 Å². The normalized spacial score (nSPS) is 17.1. The number of hydrogen-bond donors (Lipinski definition) is 1. The summed E-state index contributed by atoms with van der Waals surface area (Å²) in [6.45, 7) is 0.134. The molecule has 1 aromatic heterocycles. The zero-order valence-electron chi connectivity index (χ0n) is 17.1. The zero-order valence-corrected chi connectivity index (χ0v) is 20.3. The second-order valence-corrected chi connectivity index (χ2v) is 9.68. The number of amides is 2. The van der Waals surface area contributed by atoms with E-state index < -0.39 is 11.2 Å². The van der Waals surface area contributed by atoms with Crippen LogP contribution in [0.4, 0.5) is 5.69 Å². The van der Waals surface area contributed by atoms with Gasteiger partial charge in [0.25, 0.3) is 5.91 Å². The highest BCUT2D eigenvalue weighted by Crippen LogP contribution is 2.42. The van der Waals surface area contributed by atoms with E-state index in [2.05, 4.69) is 21.2 Å². The van der Waals surface area contributed by atoms with Gasteiger partial charge in [0.05, 0.1) is 18.1 Å². The Kier molecular flexibility index (Phi) is 7.23. The number of nitrogens with zero attached hydrogens (tertiary/aromatic N) is 2. The smallest absolute Gasteiger partial charge is 0.265 e. The molecule has 6 nitrogen and oxygen atoms in total. The van der Waals surface area contributed by atoms with Gasteiger partial charge >= 0.3 is 0 Å². The Bertz CT molecular complexity index is 1240. The first-order valence-corrected chi connectivity index (χ1v) is 12.0. The lowest BCUT2D eigenvalue weighted by molar-refractivity contribution is -0.117. The Morgan fingerprint density at radius 2 is 1.91 bits per heavy atom. The molecule has 1 atom stereocenters. The highest BCUT2D eigenvalue weighted by Gasteiger charge is 2.40. The largest absolute Gasteiger partial charge is 0.467 e. The highest BCUT2D eigenvalue weighted by atomic mass is 79.9. The topological polar surface area (TPSA) is 86.3 Å². The molecule has 2 heterocycles. The summed E-state index contributed by atoms with van der Waals surface area (Å²) >= 11 is 10.6. The summed E-state index contributed by atoms with van der Waals surface area (Å²) in [7, 11) is 0. The lowest BCUT2D eigenvalue weighted by atomic mass is 10.1. The Hall–Kier alpha value is -2.99. The van der Waals surface area contributed by atoms with Gasteiger partial charge in [0.1, 0.15) is 22.4 Å². The first-order valence-electron chi connectivity index (χ1n) is 9.92. The third-order valence-electron chi connectivity index (χ3n) is 4.93. The molecular weight excluding hydrogens is 526 g/mol. The maximum absolute atomic E-state index is 13.4. The van der Waals surface area contributed by atoms with E-state index in [9.17, 15) is 14.9 Å². The molecule has 166 valence electrons. The van der Waals surface area contributed by atoms with Crippen LogP contribution >= 0.6 is 39.3 Å². The average Bonchev–Trinajstić information content (AvgIpc) is 3.44. The second-order valence-electron chi connectivity index (χ2n) is 7.14. The third-order valence-corrected chi connectivity index (χ3v) is 6.97. The van der Waals surface area contributed by atoms with Gasteiger partial charge in [-0.2, -0.15) is 5.26 Å². The average molecular weight is 543 g/mol. The number of benzene rings is 2. The molecule has 0 bridgehead atoms. The van der Waals surface area contributed by atoms with Gasteiger partial charge in [0.15, 0.2) is 0 Å². The fourth-order valence-corrected chi connectivity index (χ4v) is 5.01. The van der Waals surface area contributed by atoms with E-state index >= 15 is 0 Å². The van der Waals surface area contributed by atoms with Crippen LogP contribution in [0.25, 0.3) is 0 Å². The second kappa shape index (κ2) is 10.3. The molecule has 9 heteroatoms. The SMILES string of the molecule is N#C/C(C(=O)NCc1ccco1)=C1/S[C@H](Cc2ccc(Cl)cc2)C(=O)N1c1ccc(Br)cc1. The van der Waals surface area contributed by atoms with Crippen LogP contribution in [0.1, 0.15) is 11.3 Å². The molecule has 1 saturated heterocycles. The quantitative estimate of drug-likeness (QED) is 0.331. The first kappa shape index (κ1) is 23.2. The summed E-state index contributed by atoms with van der Waals surface area (Å²) < 4.78 is 6.09. The van der Waals surface area contributed by atoms with Crippen molar-refractivity contribution in [1.29, 1.82) is 5.26 Å². The Morgan fingerprint density at radius 3 is 2.55 bits per heavy atom. The minimum Gasteiger partial charge on any atom is -0.467 e. The molecule has 1 N–H and O–H groups in total. The van der Waals surface area contributed by atoms with E-state index in [-0.39, 0.29) is 18.0 Å². The van der Waals surface area contributed by atoms with Crippen molar-refractivity contribution in [2.45, 2.75) is 18.2 Å². The van der Waals surface area contributed by atoms with Gasteiger partial charge in [-0.05, 0) is 60.5 Å². The molecule has 33 heavy (non-hydrogen) atoms. The van der Waals surface area contributed by atoms with Crippen molar-refractivity contribution in [1.82, 2.24) is 5.32 Å². The van der Waals surface area contributed by atoms with Gasteiger partial charge < -0.3 is 9.73 Å². The van der Waals surface area contributed by atoms with Crippen LogP contribution in [0.2, 0.25) is 5.02 Å². The van der Waals surface area contributed by atoms with E-state index in [0.717, 1.165) is 10.0 Å². The Morgan fingerprint density at radius 1 is 1.18 bits per heavy atom. The van der Waals surface area contributed by atoms with Crippen molar-refractivity contribution in [2.24, 2.45) is 0 Å². The maximum atomic E-state index is 13.4. The van der Waals surface area contributed by atoms with Gasteiger partial charge in [-0.1, -0.05) is 51.4 Å². The number of hydrogen-bond acceptors (Lipinski definition) is 5. The summed E-state index contributed by atoms with van der Waals surface area (Å²) in [4.78, 5) is 27.8. The fourth-order valence-electron chi connectivity index (χ4n) is 3.32. The standard InChI is InChI=1S/C24H17BrClN3O3S/c25-16-5-9-18(10-6-16)29-23(31)21(12-15-3-7-17(26)8-4-15)33-24(29)20(13-27)22(30)28-14-19-2-1-11-32-19/h1-11,21H,12,14H2,(H,28,30)/b24-20-/t21-/m1/s1. The number of nitriles is 1. The molecule has 1 aliphatic heterocycles. The van der Waals surface area contributed by atoms with E-state index in [4.69, 9.17) is 16.0 Å². The summed E-state index contributed by atoms with van der Waals surface area (Å²) in [5.41, 5.74) is 1.39. The molecule has 3 aromatic rings. The molecule has 0 saturated carbocycles. The lowest BCUT2D eigenvalue weighted by Gasteiger charge is -2.18. The summed E-state index contributed by atoms with van der Waals surface area (Å²) in [5.74, 6) is -0.205. The predicted molar refractivity (Wildman–Crippen MR) is 131 cm³/mol. The molecule has 0 radical (unpaired) electrons. The summed E-state index contributed by atoms with van der Waals surface area (Å²) in [5, 5.41) is 13.0. The first-order chi connectivity index (χ1) is 16.0. The number of carbonyl (C=O) groups is 2. The molecule has 0 aliphatic carbocycles. The molecule has 0 spiro atoms. The molecule has 0 unspecified atom stereocenters. The third kappa shape index (κ3) is 5.33. The molecule has 2 aromatic carbocycles. The number of rotatable bonds is 6. The van der Waals surface area contributed by atoms with Crippen molar-refractivity contribution < 1.29 is 14.0 Å². The van der Waals surface area contributed by atoms with Crippen molar-refractivity contribution in [3.63, 3.8) is 0 Å². The van der Waals surface area contributed by atoms with Gasteiger partial charge in [-0.15, -0.1) is 0 Å². The van der Waals surface area contributed by atoms with E-state index in [1.807, 2.05) is 18.2 Å². The lowest BCUT2D eigenvalue weighted by Crippen LogP contribution is -2.32. The van der Waals surface area contributed by atoms with Crippen LogP contribution in [0, 0.1) is 11.3 Å². The number of anilines is 1. The van der Waals surface area contributed by atoms with Crippen molar-refractivity contribution in [3.05, 3.63) is 98.3 Å². The van der Waals surface area contributed by atoms with Gasteiger partial charge in [-0.25, -0.2) is 0 Å². The molecule has 2 amide bonds. The number of halogens is 2. The Labute approximate surface area is 208 Å². The monoisotopic (exact) mass is 541 g/mol. The Balaban J connectivity index is 1.67. The minimum absolute atomic E-state index is 0.124.